The van der Waals surface area contributed by atoms with Crippen LogP contribution in [-0.2, 0) is 19.6 Å². The largest absolute Gasteiger partial charge is 0.445 e. The van der Waals surface area contributed by atoms with Crippen LogP contribution in [0.4, 0.5) is 4.79 Å². The summed E-state index contributed by atoms with van der Waals surface area (Å²) in [5, 5.41) is 0. The Kier molecular flexibility index (Phi) is 5.00. The Hall–Kier alpha value is -2.40. The first-order chi connectivity index (χ1) is 12.7. The quantitative estimate of drug-likeness (QED) is 0.553. The number of amidine groups is 1. The molecule has 1 fully saturated rings. The van der Waals surface area contributed by atoms with Crippen molar-refractivity contribution in [1.29, 1.82) is 0 Å². The Morgan fingerprint density at radius 3 is 2.48 bits per heavy atom. The summed E-state index contributed by atoms with van der Waals surface area (Å²) in [7, 11) is -0.358. The van der Waals surface area contributed by atoms with Gasteiger partial charge in [-0.25, -0.2) is 13.2 Å². The second-order valence-corrected chi connectivity index (χ2v) is 8.80. The lowest BCUT2D eigenvalue weighted by atomic mass is 9.98. The fourth-order valence-corrected chi connectivity index (χ4v) is 4.36. The number of sulfonamides is 1. The van der Waals surface area contributed by atoms with E-state index in [0.717, 1.165) is 4.90 Å². The van der Waals surface area contributed by atoms with E-state index in [-0.39, 0.29) is 43.4 Å². The number of imide groups is 1. The Balaban J connectivity index is 1.76. The average molecular weight is 396 g/mol. The van der Waals surface area contributed by atoms with Crippen molar-refractivity contribution in [2.24, 2.45) is 10.9 Å². The molecule has 10 nitrogen and oxygen atoms in total. The third kappa shape index (κ3) is 3.32. The van der Waals surface area contributed by atoms with E-state index in [1.807, 2.05) is 0 Å². The summed E-state index contributed by atoms with van der Waals surface area (Å²) in [5.74, 6) is -1.21. The van der Waals surface area contributed by atoms with E-state index < -0.39 is 27.9 Å². The number of nitrogens with zero attached hydrogens (tertiary/aromatic N) is 5. The minimum atomic E-state index is -3.27. The van der Waals surface area contributed by atoms with Crippen molar-refractivity contribution >= 4 is 39.9 Å². The molecule has 0 aromatic heterocycles. The maximum atomic E-state index is 12.8. The maximum Gasteiger partial charge on any atom is 0.445 e. The summed E-state index contributed by atoms with van der Waals surface area (Å²) < 4.78 is 26.5. The van der Waals surface area contributed by atoms with Gasteiger partial charge in [-0.3, -0.25) is 9.59 Å². The topological polar surface area (TPSA) is 110 Å². The summed E-state index contributed by atoms with van der Waals surface area (Å²) in [6.07, 6.45) is 2.87. The summed E-state index contributed by atoms with van der Waals surface area (Å²) in [4.78, 5) is 43.8. The molecule has 3 rings (SSSR count). The van der Waals surface area contributed by atoms with Gasteiger partial charge in [0.2, 0.25) is 10.0 Å². The first kappa shape index (κ1) is 19.4. The van der Waals surface area contributed by atoms with Crippen LogP contribution in [0.3, 0.4) is 0 Å². The van der Waals surface area contributed by atoms with Crippen molar-refractivity contribution in [2.75, 3.05) is 46.0 Å². The van der Waals surface area contributed by atoms with Crippen LogP contribution in [0, 0.1) is 5.92 Å². The molecule has 0 spiro atoms. The van der Waals surface area contributed by atoms with E-state index in [9.17, 15) is 22.8 Å². The highest BCUT2D eigenvalue weighted by Gasteiger charge is 2.45. The number of hydrogen-bond acceptors (Lipinski definition) is 6. The van der Waals surface area contributed by atoms with Crippen LogP contribution in [0.5, 0.6) is 0 Å². The van der Waals surface area contributed by atoms with Crippen LogP contribution in [-0.4, -0.2) is 103 Å². The molecule has 3 aliphatic heterocycles. The average Bonchev–Trinajstić information content (AvgIpc) is 2.69. The monoisotopic (exact) mass is 396 g/mol. The molecular weight excluding hydrogens is 374 g/mol. The molecule has 146 valence electrons. The van der Waals surface area contributed by atoms with Crippen LogP contribution >= 0.6 is 0 Å². The van der Waals surface area contributed by atoms with Gasteiger partial charge in [-0.1, -0.05) is 0 Å². The fourth-order valence-electron chi connectivity index (χ4n) is 3.28. The Morgan fingerprint density at radius 1 is 1.26 bits per heavy atom. The number of hydrogen-bond donors (Lipinski definition) is 0. The van der Waals surface area contributed by atoms with E-state index in [4.69, 9.17) is 0 Å². The molecule has 0 bridgehead atoms. The lowest BCUT2D eigenvalue weighted by molar-refractivity contribution is -0.407. The zero-order chi connectivity index (χ0) is 19.9. The highest BCUT2D eigenvalue weighted by atomic mass is 32.2. The molecule has 1 saturated heterocycles. The third-order valence-electron chi connectivity index (χ3n) is 5.01. The van der Waals surface area contributed by atoms with Crippen molar-refractivity contribution in [3.8, 4) is 0 Å². The van der Waals surface area contributed by atoms with Gasteiger partial charge in [0.05, 0.1) is 25.4 Å². The molecule has 0 aliphatic carbocycles. The zero-order valence-electron chi connectivity index (χ0n) is 15.5. The van der Waals surface area contributed by atoms with Crippen molar-refractivity contribution in [3.63, 3.8) is 0 Å². The number of dihydropyridines is 1. The van der Waals surface area contributed by atoms with Gasteiger partial charge in [-0.15, -0.1) is 4.99 Å². The van der Waals surface area contributed by atoms with Gasteiger partial charge in [0.1, 0.15) is 6.21 Å². The highest BCUT2D eigenvalue weighted by Crippen LogP contribution is 2.21. The molecular formula is C16H22N5O5S+. The van der Waals surface area contributed by atoms with Gasteiger partial charge in [0.15, 0.2) is 5.92 Å². The van der Waals surface area contributed by atoms with E-state index in [2.05, 4.69) is 4.99 Å². The molecule has 0 aromatic carbocycles. The second kappa shape index (κ2) is 6.97. The SMILES string of the molecule is CCS(=O)(=O)N1CCN(C(=O)C2=CC3C(=O)N(C)C(=O)[N+](C)=C3N=C2)CC1. The van der Waals surface area contributed by atoms with E-state index in [0.29, 0.717) is 5.84 Å². The predicted molar refractivity (Wildman–Crippen MR) is 97.0 cm³/mol. The summed E-state index contributed by atoms with van der Waals surface area (Å²) in [6, 6.07) is -0.472. The fraction of sp³-hybridized carbons (Fsp3) is 0.562. The molecule has 0 radical (unpaired) electrons. The minimum absolute atomic E-state index is 0.0287. The number of fused-ring (bicyclic) bond motifs is 1. The van der Waals surface area contributed by atoms with Gasteiger partial charge in [-0.05, 0) is 13.0 Å². The first-order valence-electron chi connectivity index (χ1n) is 8.62. The van der Waals surface area contributed by atoms with Crippen molar-refractivity contribution < 1.29 is 27.4 Å². The summed E-state index contributed by atoms with van der Waals surface area (Å²) in [5.41, 5.74) is 0.264. The van der Waals surface area contributed by atoms with Gasteiger partial charge in [-0.2, -0.15) is 13.8 Å². The van der Waals surface area contributed by atoms with E-state index in [1.165, 1.54) is 35.3 Å². The lowest BCUT2D eigenvalue weighted by Gasteiger charge is -2.34. The van der Waals surface area contributed by atoms with E-state index >= 15 is 0 Å². The smallest absolute Gasteiger partial charge is 0.336 e. The molecule has 1 atom stereocenters. The number of carbonyl (C=O) groups excluding carboxylic acids is 3. The Labute approximate surface area is 157 Å². The van der Waals surface area contributed by atoms with Gasteiger partial charge in [0.25, 0.3) is 11.7 Å². The molecule has 3 heterocycles. The van der Waals surface area contributed by atoms with Gasteiger partial charge in [0, 0.05) is 26.2 Å². The normalized spacial score (nSPS) is 24.3. The number of piperazine rings is 1. The van der Waals surface area contributed by atoms with Crippen molar-refractivity contribution in [1.82, 2.24) is 14.1 Å². The maximum absolute atomic E-state index is 12.8. The van der Waals surface area contributed by atoms with Crippen LogP contribution < -0.4 is 0 Å². The number of carbonyl (C=O) groups is 3. The predicted octanol–water partition coefficient (Wildman–Crippen LogP) is -1.26. The van der Waals surface area contributed by atoms with Crippen LogP contribution in [0.2, 0.25) is 0 Å². The van der Waals surface area contributed by atoms with E-state index in [1.54, 1.807) is 11.8 Å². The Bertz CT molecular complexity index is 896. The summed E-state index contributed by atoms with van der Waals surface area (Å²) in [6.45, 7) is 2.62. The number of rotatable bonds is 3. The van der Waals surface area contributed by atoms with Gasteiger partial charge >= 0.3 is 11.9 Å². The lowest BCUT2D eigenvalue weighted by Crippen LogP contribution is -2.53. The number of urea groups is 1. The third-order valence-corrected chi connectivity index (χ3v) is 6.89. The van der Waals surface area contributed by atoms with Crippen LogP contribution in [0.15, 0.2) is 16.6 Å². The standard InChI is InChI=1S/C16H22N5O5S/c1-4-27(25,26)21-7-5-20(6-8-21)14(22)11-9-12-13(17-10-11)18(2)16(24)19(3)15(12)23/h9-10,12H,4-8H2,1-3H3/q+1. The molecule has 4 amide bonds. The molecule has 0 aromatic rings. The second-order valence-electron chi connectivity index (χ2n) is 6.55. The zero-order valence-corrected chi connectivity index (χ0v) is 16.3. The van der Waals surface area contributed by atoms with Crippen LogP contribution in [0.25, 0.3) is 0 Å². The number of amides is 4. The Morgan fingerprint density at radius 2 is 1.89 bits per heavy atom. The number of aliphatic imine (C=N–C) groups is 1. The summed E-state index contributed by atoms with van der Waals surface area (Å²) >= 11 is 0. The van der Waals surface area contributed by atoms with Gasteiger partial charge < -0.3 is 4.90 Å². The molecule has 0 saturated carbocycles. The first-order valence-corrected chi connectivity index (χ1v) is 10.2. The molecule has 27 heavy (non-hydrogen) atoms. The minimum Gasteiger partial charge on any atom is -0.336 e. The molecule has 1 unspecified atom stereocenters. The molecule has 0 N–H and O–H groups in total. The van der Waals surface area contributed by atoms with Crippen LogP contribution in [0.1, 0.15) is 6.92 Å². The molecule has 11 heteroatoms. The van der Waals surface area contributed by atoms with Crippen molar-refractivity contribution in [2.45, 2.75) is 6.92 Å². The van der Waals surface area contributed by atoms with Crippen molar-refractivity contribution in [3.05, 3.63) is 11.6 Å². The molecule has 3 aliphatic rings. The highest BCUT2D eigenvalue weighted by molar-refractivity contribution is 7.89.